The molecule has 2 aromatic carbocycles. The summed E-state index contributed by atoms with van der Waals surface area (Å²) < 4.78 is 15.1. The number of likely N-dealkylation sites (N-methyl/N-ethyl adjacent to an activating group) is 1. The van der Waals surface area contributed by atoms with Crippen LogP contribution in [0.25, 0.3) is 0 Å². The number of nitrogens with one attached hydrogen (secondary N) is 1. The van der Waals surface area contributed by atoms with Crippen molar-refractivity contribution in [2.45, 2.75) is 25.2 Å². The van der Waals surface area contributed by atoms with E-state index in [0.717, 1.165) is 23.0 Å². The van der Waals surface area contributed by atoms with Crippen LogP contribution in [0.4, 0.5) is 4.39 Å². The molecular formula is C18H21BrFN. The van der Waals surface area contributed by atoms with Crippen molar-refractivity contribution in [1.82, 2.24) is 5.32 Å². The lowest BCUT2D eigenvalue weighted by Gasteiger charge is -2.34. The molecule has 0 amide bonds. The molecule has 1 nitrogen and oxygen atoms in total. The highest BCUT2D eigenvalue weighted by atomic mass is 79.9. The van der Waals surface area contributed by atoms with E-state index in [1.807, 2.05) is 31.3 Å². The van der Waals surface area contributed by atoms with Crippen molar-refractivity contribution in [2.24, 2.45) is 0 Å². The second-order valence-corrected chi connectivity index (χ2v) is 6.36. The summed E-state index contributed by atoms with van der Waals surface area (Å²) in [6.45, 7) is 2.99. The van der Waals surface area contributed by atoms with Gasteiger partial charge in [-0.25, -0.2) is 4.39 Å². The first-order valence-corrected chi connectivity index (χ1v) is 8.04. The van der Waals surface area contributed by atoms with Gasteiger partial charge in [0.2, 0.25) is 0 Å². The molecule has 1 N–H and O–H groups in total. The Morgan fingerprint density at radius 3 is 2.48 bits per heavy atom. The molecule has 0 aliphatic carbocycles. The van der Waals surface area contributed by atoms with E-state index < -0.39 is 0 Å². The highest BCUT2D eigenvalue weighted by Gasteiger charge is 2.30. The van der Waals surface area contributed by atoms with E-state index in [0.29, 0.717) is 6.42 Å². The maximum absolute atomic E-state index is 14.2. The molecule has 1 atom stereocenters. The lowest BCUT2D eigenvalue weighted by Crippen LogP contribution is -2.38. The zero-order valence-electron chi connectivity index (χ0n) is 12.5. The van der Waals surface area contributed by atoms with Crippen LogP contribution in [0.15, 0.2) is 53.0 Å². The van der Waals surface area contributed by atoms with Gasteiger partial charge in [-0.15, -0.1) is 0 Å². The Balaban J connectivity index is 2.43. The minimum absolute atomic E-state index is 0.0996. The summed E-state index contributed by atoms with van der Waals surface area (Å²) in [5.74, 6) is -0.136. The highest BCUT2D eigenvalue weighted by molar-refractivity contribution is 9.10. The molecule has 1 unspecified atom stereocenters. The molecule has 2 rings (SSSR count). The molecular weight excluding hydrogens is 329 g/mol. The Hall–Kier alpha value is -1.19. The highest BCUT2D eigenvalue weighted by Crippen LogP contribution is 2.33. The fourth-order valence-corrected chi connectivity index (χ4v) is 3.30. The van der Waals surface area contributed by atoms with Gasteiger partial charge in [-0.3, -0.25) is 0 Å². The first kappa shape index (κ1) is 16.2. The van der Waals surface area contributed by atoms with Gasteiger partial charge in [0.25, 0.3) is 0 Å². The Morgan fingerprint density at radius 1 is 1.14 bits per heavy atom. The van der Waals surface area contributed by atoms with Crippen LogP contribution in [-0.4, -0.2) is 13.6 Å². The van der Waals surface area contributed by atoms with E-state index >= 15 is 0 Å². The molecule has 0 fully saturated rings. The predicted molar refractivity (Wildman–Crippen MR) is 90.1 cm³/mol. The SMILES string of the molecule is CCC(CNC)(Cc1cc(Br)ccc1F)c1ccccc1. The summed E-state index contributed by atoms with van der Waals surface area (Å²) in [7, 11) is 1.95. The van der Waals surface area contributed by atoms with Gasteiger partial charge in [0.15, 0.2) is 0 Å². The van der Waals surface area contributed by atoms with Crippen LogP contribution in [0.5, 0.6) is 0 Å². The van der Waals surface area contributed by atoms with Gasteiger partial charge < -0.3 is 5.32 Å². The third kappa shape index (κ3) is 3.72. The van der Waals surface area contributed by atoms with Crippen molar-refractivity contribution in [2.75, 3.05) is 13.6 Å². The van der Waals surface area contributed by atoms with Gasteiger partial charge in [-0.1, -0.05) is 53.2 Å². The van der Waals surface area contributed by atoms with Gasteiger partial charge in [0, 0.05) is 16.4 Å². The van der Waals surface area contributed by atoms with Crippen molar-refractivity contribution < 1.29 is 4.39 Å². The van der Waals surface area contributed by atoms with E-state index in [-0.39, 0.29) is 11.2 Å². The molecule has 0 spiro atoms. The molecule has 0 bridgehead atoms. The number of rotatable bonds is 6. The average Bonchev–Trinajstić information content (AvgIpc) is 2.51. The number of halogens is 2. The van der Waals surface area contributed by atoms with Gasteiger partial charge >= 0.3 is 0 Å². The van der Waals surface area contributed by atoms with E-state index in [9.17, 15) is 4.39 Å². The van der Waals surface area contributed by atoms with E-state index in [1.165, 1.54) is 11.6 Å². The zero-order valence-corrected chi connectivity index (χ0v) is 14.1. The average molecular weight is 350 g/mol. The molecule has 0 heterocycles. The summed E-state index contributed by atoms with van der Waals surface area (Å²) in [6, 6.07) is 15.5. The fourth-order valence-electron chi connectivity index (χ4n) is 2.89. The lowest BCUT2D eigenvalue weighted by molar-refractivity contribution is 0.384. The van der Waals surface area contributed by atoms with Crippen molar-refractivity contribution >= 4 is 15.9 Å². The van der Waals surface area contributed by atoms with Crippen LogP contribution >= 0.6 is 15.9 Å². The third-order valence-corrected chi connectivity index (χ3v) is 4.61. The molecule has 0 aliphatic rings. The molecule has 0 aromatic heterocycles. The van der Waals surface area contributed by atoms with Crippen molar-refractivity contribution in [1.29, 1.82) is 0 Å². The zero-order chi connectivity index (χ0) is 15.3. The minimum atomic E-state index is -0.136. The maximum atomic E-state index is 14.2. The summed E-state index contributed by atoms with van der Waals surface area (Å²) >= 11 is 3.44. The van der Waals surface area contributed by atoms with Gasteiger partial charge in [-0.05, 0) is 49.2 Å². The van der Waals surface area contributed by atoms with E-state index in [4.69, 9.17) is 0 Å². The quantitative estimate of drug-likeness (QED) is 0.796. The number of hydrogen-bond acceptors (Lipinski definition) is 1. The van der Waals surface area contributed by atoms with E-state index in [1.54, 1.807) is 6.07 Å². The molecule has 3 heteroatoms. The summed E-state index contributed by atoms with van der Waals surface area (Å²) in [4.78, 5) is 0. The second kappa shape index (κ2) is 7.19. The maximum Gasteiger partial charge on any atom is 0.126 e. The predicted octanol–water partition coefficient (Wildman–Crippen LogP) is 4.70. The molecule has 0 saturated heterocycles. The third-order valence-electron chi connectivity index (χ3n) is 4.11. The van der Waals surface area contributed by atoms with Crippen LogP contribution in [0, 0.1) is 5.82 Å². The molecule has 0 aliphatic heterocycles. The monoisotopic (exact) mass is 349 g/mol. The smallest absolute Gasteiger partial charge is 0.126 e. The summed E-state index contributed by atoms with van der Waals surface area (Å²) in [6.07, 6.45) is 1.63. The van der Waals surface area contributed by atoms with Crippen molar-refractivity contribution in [3.05, 3.63) is 69.9 Å². The standard InChI is InChI=1S/C18H21BrFN/c1-3-18(13-21-2,15-7-5-4-6-8-15)12-14-11-16(19)9-10-17(14)20/h4-11,21H,3,12-13H2,1-2H3. The molecule has 2 aromatic rings. The van der Waals surface area contributed by atoms with Crippen LogP contribution in [0.1, 0.15) is 24.5 Å². The van der Waals surface area contributed by atoms with Gasteiger partial charge in [-0.2, -0.15) is 0 Å². The molecule has 112 valence electrons. The Bertz CT molecular complexity index is 585. The van der Waals surface area contributed by atoms with Crippen LogP contribution < -0.4 is 5.32 Å². The van der Waals surface area contributed by atoms with Gasteiger partial charge in [0.05, 0.1) is 0 Å². The van der Waals surface area contributed by atoms with E-state index in [2.05, 4.69) is 40.3 Å². The summed E-state index contributed by atoms with van der Waals surface area (Å²) in [5.41, 5.74) is 1.91. The van der Waals surface area contributed by atoms with Crippen molar-refractivity contribution in [3.8, 4) is 0 Å². The first-order chi connectivity index (χ1) is 10.1. The van der Waals surface area contributed by atoms with Crippen LogP contribution in [0.2, 0.25) is 0 Å². The Morgan fingerprint density at radius 2 is 1.86 bits per heavy atom. The molecule has 0 radical (unpaired) electrons. The fraction of sp³-hybridized carbons (Fsp3) is 0.333. The first-order valence-electron chi connectivity index (χ1n) is 7.25. The minimum Gasteiger partial charge on any atom is -0.319 e. The Labute approximate surface area is 134 Å². The molecule has 0 saturated carbocycles. The van der Waals surface area contributed by atoms with Gasteiger partial charge in [0.1, 0.15) is 5.82 Å². The number of hydrogen-bond donors (Lipinski definition) is 1. The normalized spacial score (nSPS) is 13.9. The molecule has 21 heavy (non-hydrogen) atoms. The lowest BCUT2D eigenvalue weighted by atomic mass is 9.73. The van der Waals surface area contributed by atoms with Crippen LogP contribution in [0.3, 0.4) is 0 Å². The van der Waals surface area contributed by atoms with Crippen molar-refractivity contribution in [3.63, 3.8) is 0 Å². The second-order valence-electron chi connectivity index (χ2n) is 5.44. The number of benzene rings is 2. The summed E-state index contributed by atoms with van der Waals surface area (Å²) in [5, 5.41) is 3.28. The van der Waals surface area contributed by atoms with Crippen LogP contribution in [-0.2, 0) is 11.8 Å². The topological polar surface area (TPSA) is 12.0 Å². The Kier molecular flexibility index (Phi) is 5.54. The largest absolute Gasteiger partial charge is 0.319 e.